The van der Waals surface area contributed by atoms with E-state index in [0.717, 1.165) is 11.3 Å². The molecule has 5 nitrogen and oxygen atoms in total. The third-order valence-electron chi connectivity index (χ3n) is 4.95. The van der Waals surface area contributed by atoms with Crippen LogP contribution in [0.15, 0.2) is 36.5 Å². The van der Waals surface area contributed by atoms with E-state index in [1.165, 1.54) is 0 Å². The maximum absolute atomic E-state index is 12.7. The number of amides is 1. The number of hydrogen-bond donors (Lipinski definition) is 1. The molecule has 1 fully saturated rings. The van der Waals surface area contributed by atoms with Crippen molar-refractivity contribution in [3.05, 3.63) is 58.4 Å². The predicted molar refractivity (Wildman–Crippen MR) is 105 cm³/mol. The number of pyridine rings is 1. The number of likely N-dealkylation sites (tertiary alicyclic amines) is 1. The molecule has 1 amide bonds. The molecule has 0 radical (unpaired) electrons. The molecule has 1 saturated heterocycles. The zero-order valence-electron chi connectivity index (χ0n) is 15.7. The Morgan fingerprint density at radius 2 is 2.07 bits per heavy atom. The van der Waals surface area contributed by atoms with E-state index in [1.807, 2.05) is 32.0 Å². The molecule has 2 heterocycles. The van der Waals surface area contributed by atoms with E-state index in [-0.39, 0.29) is 12.5 Å². The topological polar surface area (TPSA) is 62.7 Å². The summed E-state index contributed by atoms with van der Waals surface area (Å²) in [5.74, 6) is 0.530. The van der Waals surface area contributed by atoms with Crippen molar-refractivity contribution in [3.63, 3.8) is 0 Å². The molecule has 144 valence electrons. The number of hydrogen-bond acceptors (Lipinski definition) is 4. The van der Waals surface area contributed by atoms with Gasteiger partial charge in [-0.2, -0.15) is 0 Å². The molecule has 1 aliphatic rings. The lowest BCUT2D eigenvalue weighted by atomic mass is 9.96. The molecule has 0 spiro atoms. The lowest BCUT2D eigenvalue weighted by molar-refractivity contribution is -0.0163. The van der Waals surface area contributed by atoms with Crippen molar-refractivity contribution >= 4 is 17.5 Å². The van der Waals surface area contributed by atoms with Gasteiger partial charge in [0.05, 0.1) is 10.6 Å². The standard InChI is InChI=1S/C21H25ClN2O3/c1-15-4-7-18(22)19(12-15)27-14-21(26)8-3-10-24(11-9-21)20(25)17-6-5-16(2)23-13-17/h4-7,12-13,26H,3,8-11,14H2,1-2H3. The van der Waals surface area contributed by atoms with Gasteiger partial charge in [0, 0.05) is 25.0 Å². The summed E-state index contributed by atoms with van der Waals surface area (Å²) in [5, 5.41) is 11.5. The summed E-state index contributed by atoms with van der Waals surface area (Å²) in [4.78, 5) is 18.7. The van der Waals surface area contributed by atoms with Gasteiger partial charge in [0.15, 0.2) is 0 Å². The van der Waals surface area contributed by atoms with Crippen LogP contribution in [0.4, 0.5) is 0 Å². The van der Waals surface area contributed by atoms with Crippen LogP contribution in [-0.4, -0.2) is 46.2 Å². The van der Waals surface area contributed by atoms with Gasteiger partial charge in [-0.25, -0.2) is 0 Å². The zero-order valence-corrected chi connectivity index (χ0v) is 16.5. The van der Waals surface area contributed by atoms with Gasteiger partial charge in [-0.1, -0.05) is 17.7 Å². The van der Waals surface area contributed by atoms with E-state index < -0.39 is 5.60 Å². The van der Waals surface area contributed by atoms with Gasteiger partial charge in [-0.3, -0.25) is 9.78 Å². The largest absolute Gasteiger partial charge is 0.489 e. The second-order valence-electron chi connectivity index (χ2n) is 7.28. The molecule has 1 unspecified atom stereocenters. The van der Waals surface area contributed by atoms with E-state index in [4.69, 9.17) is 16.3 Å². The number of aliphatic hydroxyl groups is 1. The van der Waals surface area contributed by atoms with Crippen LogP contribution >= 0.6 is 11.6 Å². The van der Waals surface area contributed by atoms with Crippen LogP contribution in [0.1, 0.15) is 40.9 Å². The average molecular weight is 389 g/mol. The number of aryl methyl sites for hydroxylation is 2. The number of halogens is 1. The molecule has 0 saturated carbocycles. The maximum atomic E-state index is 12.7. The van der Waals surface area contributed by atoms with Crippen LogP contribution in [0.5, 0.6) is 5.75 Å². The Kier molecular flexibility index (Phi) is 6.02. The van der Waals surface area contributed by atoms with Crippen LogP contribution in [0.3, 0.4) is 0 Å². The lowest BCUT2D eigenvalue weighted by Gasteiger charge is -2.27. The highest BCUT2D eigenvalue weighted by Gasteiger charge is 2.33. The fraction of sp³-hybridized carbons (Fsp3) is 0.429. The Bertz CT molecular complexity index is 810. The summed E-state index contributed by atoms with van der Waals surface area (Å²) >= 11 is 6.17. The minimum Gasteiger partial charge on any atom is -0.489 e. The lowest BCUT2D eigenvalue weighted by Crippen LogP contribution is -2.38. The van der Waals surface area contributed by atoms with Gasteiger partial charge in [0.25, 0.3) is 5.91 Å². The number of rotatable bonds is 4. The van der Waals surface area contributed by atoms with Gasteiger partial charge >= 0.3 is 0 Å². The molecule has 1 atom stereocenters. The van der Waals surface area contributed by atoms with Crippen LogP contribution in [-0.2, 0) is 0 Å². The number of carbonyl (C=O) groups is 1. The summed E-state index contributed by atoms with van der Waals surface area (Å²) in [5.41, 5.74) is 1.52. The average Bonchev–Trinajstić information content (AvgIpc) is 2.85. The predicted octanol–water partition coefficient (Wildman–Crippen LogP) is 3.79. The summed E-state index contributed by atoms with van der Waals surface area (Å²) in [6.45, 7) is 5.10. The van der Waals surface area contributed by atoms with Crippen LogP contribution in [0, 0.1) is 13.8 Å². The zero-order chi connectivity index (χ0) is 19.4. The molecule has 1 N–H and O–H groups in total. The molecule has 1 aliphatic heterocycles. The van der Waals surface area contributed by atoms with Gasteiger partial charge in [-0.15, -0.1) is 0 Å². The third kappa shape index (κ3) is 4.99. The van der Waals surface area contributed by atoms with Gasteiger partial charge in [-0.05, 0) is 62.9 Å². The SMILES string of the molecule is Cc1ccc(Cl)c(OCC2(O)CCCN(C(=O)c3ccc(C)nc3)CC2)c1. The van der Waals surface area contributed by atoms with Crippen molar-refractivity contribution in [3.8, 4) is 5.75 Å². The second-order valence-corrected chi connectivity index (χ2v) is 7.69. The highest BCUT2D eigenvalue weighted by molar-refractivity contribution is 6.32. The molecule has 0 bridgehead atoms. The normalized spacial score (nSPS) is 20.2. The van der Waals surface area contributed by atoms with Crippen molar-refractivity contribution in [1.29, 1.82) is 0 Å². The van der Waals surface area contributed by atoms with Crippen LogP contribution in [0.2, 0.25) is 5.02 Å². The molecule has 27 heavy (non-hydrogen) atoms. The van der Waals surface area contributed by atoms with Gasteiger partial charge in [0.2, 0.25) is 0 Å². The third-order valence-corrected chi connectivity index (χ3v) is 5.26. The molecular weight excluding hydrogens is 364 g/mol. The molecule has 2 aromatic rings. The Morgan fingerprint density at radius 1 is 1.26 bits per heavy atom. The van der Waals surface area contributed by atoms with E-state index >= 15 is 0 Å². The number of ether oxygens (including phenoxy) is 1. The van der Waals surface area contributed by atoms with E-state index in [2.05, 4.69) is 4.98 Å². The molecule has 0 aliphatic carbocycles. The van der Waals surface area contributed by atoms with Gasteiger partial charge in [0.1, 0.15) is 18.0 Å². The molecule has 1 aromatic heterocycles. The number of nitrogens with zero attached hydrogens (tertiary/aromatic N) is 2. The Morgan fingerprint density at radius 3 is 2.81 bits per heavy atom. The van der Waals surface area contributed by atoms with Gasteiger partial charge < -0.3 is 14.7 Å². The van der Waals surface area contributed by atoms with E-state index in [0.29, 0.717) is 48.7 Å². The first-order chi connectivity index (χ1) is 12.9. The van der Waals surface area contributed by atoms with Crippen molar-refractivity contribution < 1.29 is 14.6 Å². The van der Waals surface area contributed by atoms with Crippen LogP contribution < -0.4 is 4.74 Å². The minimum atomic E-state index is -0.979. The Balaban J connectivity index is 1.62. The molecule has 3 rings (SSSR count). The quantitative estimate of drug-likeness (QED) is 0.865. The number of benzene rings is 1. The highest BCUT2D eigenvalue weighted by atomic mass is 35.5. The highest BCUT2D eigenvalue weighted by Crippen LogP contribution is 2.29. The Labute approximate surface area is 164 Å². The second kappa shape index (κ2) is 8.28. The number of carbonyl (C=O) groups excluding carboxylic acids is 1. The maximum Gasteiger partial charge on any atom is 0.255 e. The first kappa shape index (κ1) is 19.6. The summed E-state index contributed by atoms with van der Waals surface area (Å²) in [6.07, 6.45) is 3.36. The monoisotopic (exact) mass is 388 g/mol. The fourth-order valence-corrected chi connectivity index (χ4v) is 3.41. The molecular formula is C21H25ClN2O3. The summed E-state index contributed by atoms with van der Waals surface area (Å²) in [7, 11) is 0. The minimum absolute atomic E-state index is 0.0469. The number of aromatic nitrogens is 1. The van der Waals surface area contributed by atoms with Crippen molar-refractivity contribution in [2.75, 3.05) is 19.7 Å². The first-order valence-corrected chi connectivity index (χ1v) is 9.57. The summed E-state index contributed by atoms with van der Waals surface area (Å²) in [6, 6.07) is 9.20. The Hall–Kier alpha value is -2.11. The van der Waals surface area contributed by atoms with E-state index in [9.17, 15) is 9.90 Å². The van der Waals surface area contributed by atoms with Crippen LogP contribution in [0.25, 0.3) is 0 Å². The van der Waals surface area contributed by atoms with Crippen molar-refractivity contribution in [1.82, 2.24) is 9.88 Å². The van der Waals surface area contributed by atoms with Crippen molar-refractivity contribution in [2.24, 2.45) is 0 Å². The van der Waals surface area contributed by atoms with E-state index in [1.54, 1.807) is 23.2 Å². The van der Waals surface area contributed by atoms with Crippen molar-refractivity contribution in [2.45, 2.75) is 38.7 Å². The first-order valence-electron chi connectivity index (χ1n) is 9.20. The summed E-state index contributed by atoms with van der Waals surface area (Å²) < 4.78 is 5.81. The smallest absolute Gasteiger partial charge is 0.255 e. The molecule has 1 aromatic carbocycles. The molecule has 6 heteroatoms. The fourth-order valence-electron chi connectivity index (χ4n) is 3.24.